The van der Waals surface area contributed by atoms with Gasteiger partial charge in [0.2, 0.25) is 15.9 Å². The van der Waals surface area contributed by atoms with Crippen LogP contribution in [-0.2, 0) is 14.8 Å². The number of benzene rings is 3. The average Bonchev–Trinajstić information content (AvgIpc) is 2.75. The van der Waals surface area contributed by atoms with Crippen molar-refractivity contribution < 1.29 is 17.6 Å². The van der Waals surface area contributed by atoms with Gasteiger partial charge in [0.25, 0.3) is 0 Å². The molecule has 0 heterocycles. The SMILES string of the molecule is CN(CC(=O)NCC(c1ccccc1)c1ccccc1)S(=O)(=O)c1ccc(F)cc1. The molecule has 3 aromatic carbocycles. The van der Waals surface area contributed by atoms with E-state index in [1.165, 1.54) is 19.2 Å². The van der Waals surface area contributed by atoms with Gasteiger partial charge in [0.15, 0.2) is 0 Å². The maximum Gasteiger partial charge on any atom is 0.243 e. The Morgan fingerprint density at radius 3 is 1.90 bits per heavy atom. The van der Waals surface area contributed by atoms with Crippen molar-refractivity contribution in [2.24, 2.45) is 0 Å². The molecule has 5 nitrogen and oxygen atoms in total. The van der Waals surface area contributed by atoms with Crippen LogP contribution in [0.5, 0.6) is 0 Å². The number of nitrogens with one attached hydrogen (secondary N) is 1. The molecule has 0 unspecified atom stereocenters. The minimum absolute atomic E-state index is 0.0599. The van der Waals surface area contributed by atoms with E-state index in [0.717, 1.165) is 27.6 Å². The molecule has 0 aromatic heterocycles. The first-order valence-electron chi connectivity index (χ1n) is 9.46. The quantitative estimate of drug-likeness (QED) is 0.600. The highest BCUT2D eigenvalue weighted by atomic mass is 32.2. The highest BCUT2D eigenvalue weighted by Gasteiger charge is 2.23. The van der Waals surface area contributed by atoms with Gasteiger partial charge in [-0.3, -0.25) is 4.79 Å². The topological polar surface area (TPSA) is 66.5 Å². The van der Waals surface area contributed by atoms with Crippen LogP contribution in [0.25, 0.3) is 0 Å². The molecule has 0 saturated heterocycles. The molecule has 0 aliphatic heterocycles. The van der Waals surface area contributed by atoms with Crippen molar-refractivity contribution in [1.29, 1.82) is 0 Å². The van der Waals surface area contributed by atoms with Gasteiger partial charge in [-0.05, 0) is 35.4 Å². The Kier molecular flexibility index (Phi) is 6.97. The van der Waals surface area contributed by atoms with Gasteiger partial charge in [0, 0.05) is 19.5 Å². The number of nitrogens with zero attached hydrogens (tertiary/aromatic N) is 1. The van der Waals surface area contributed by atoms with Crippen molar-refractivity contribution in [1.82, 2.24) is 9.62 Å². The van der Waals surface area contributed by atoms with E-state index in [4.69, 9.17) is 0 Å². The molecule has 0 atom stereocenters. The van der Waals surface area contributed by atoms with Crippen LogP contribution in [0.15, 0.2) is 89.8 Å². The van der Waals surface area contributed by atoms with Gasteiger partial charge in [-0.15, -0.1) is 0 Å². The number of likely N-dealkylation sites (N-methyl/N-ethyl adjacent to an activating group) is 1. The summed E-state index contributed by atoms with van der Waals surface area (Å²) in [4.78, 5) is 12.4. The molecule has 0 radical (unpaired) electrons. The number of carbonyl (C=O) groups excluding carboxylic acids is 1. The van der Waals surface area contributed by atoms with Crippen molar-refractivity contribution in [3.63, 3.8) is 0 Å². The molecule has 30 heavy (non-hydrogen) atoms. The molecule has 0 fully saturated rings. The second-order valence-corrected chi connectivity index (χ2v) is 8.94. The van der Waals surface area contributed by atoms with Gasteiger partial charge in [-0.2, -0.15) is 4.31 Å². The van der Waals surface area contributed by atoms with Crippen molar-refractivity contribution in [2.45, 2.75) is 10.8 Å². The van der Waals surface area contributed by atoms with Gasteiger partial charge in [-0.1, -0.05) is 60.7 Å². The number of halogens is 1. The fourth-order valence-electron chi connectivity index (χ4n) is 3.14. The van der Waals surface area contributed by atoms with Crippen LogP contribution in [0, 0.1) is 5.82 Å². The maximum absolute atomic E-state index is 13.1. The molecule has 7 heteroatoms. The van der Waals surface area contributed by atoms with Crippen molar-refractivity contribution in [3.8, 4) is 0 Å². The smallest absolute Gasteiger partial charge is 0.243 e. The van der Waals surface area contributed by atoms with E-state index in [-0.39, 0.29) is 17.4 Å². The number of rotatable bonds is 8. The predicted octanol–water partition coefficient (Wildman–Crippen LogP) is 3.39. The molecule has 156 valence electrons. The van der Waals surface area contributed by atoms with Gasteiger partial charge < -0.3 is 5.32 Å². The first-order valence-corrected chi connectivity index (χ1v) is 10.9. The minimum Gasteiger partial charge on any atom is -0.354 e. The van der Waals surface area contributed by atoms with Crippen molar-refractivity contribution >= 4 is 15.9 Å². The van der Waals surface area contributed by atoms with Crippen LogP contribution >= 0.6 is 0 Å². The van der Waals surface area contributed by atoms with Crippen LogP contribution in [0.4, 0.5) is 4.39 Å². The highest BCUT2D eigenvalue weighted by Crippen LogP contribution is 2.23. The van der Waals surface area contributed by atoms with E-state index in [1.807, 2.05) is 60.7 Å². The van der Waals surface area contributed by atoms with E-state index in [9.17, 15) is 17.6 Å². The van der Waals surface area contributed by atoms with E-state index >= 15 is 0 Å². The Morgan fingerprint density at radius 2 is 1.40 bits per heavy atom. The van der Waals surface area contributed by atoms with Crippen molar-refractivity contribution in [3.05, 3.63) is 102 Å². The summed E-state index contributed by atoms with van der Waals surface area (Å²) in [5.74, 6) is -1.00. The Hall–Kier alpha value is -3.03. The monoisotopic (exact) mass is 426 g/mol. The summed E-state index contributed by atoms with van der Waals surface area (Å²) in [6.07, 6.45) is 0. The van der Waals surface area contributed by atoms with Gasteiger partial charge in [-0.25, -0.2) is 12.8 Å². The van der Waals surface area contributed by atoms with Crippen molar-refractivity contribution in [2.75, 3.05) is 20.1 Å². The number of amides is 1. The lowest BCUT2D eigenvalue weighted by molar-refractivity contribution is -0.121. The Balaban J connectivity index is 1.68. The summed E-state index contributed by atoms with van der Waals surface area (Å²) < 4.78 is 39.2. The predicted molar refractivity (Wildman–Crippen MR) is 114 cm³/mol. The summed E-state index contributed by atoms with van der Waals surface area (Å²) in [5.41, 5.74) is 2.10. The fraction of sp³-hybridized carbons (Fsp3) is 0.174. The third kappa shape index (κ3) is 5.31. The standard InChI is InChI=1S/C23H23FN2O3S/c1-26(30(28,29)21-14-12-20(24)13-15-21)17-23(27)25-16-22(18-8-4-2-5-9-18)19-10-6-3-7-11-19/h2-15,22H,16-17H2,1H3,(H,25,27). The lowest BCUT2D eigenvalue weighted by Gasteiger charge is -2.21. The summed E-state index contributed by atoms with van der Waals surface area (Å²) in [5, 5.41) is 2.84. The first-order chi connectivity index (χ1) is 14.4. The van der Waals surface area contributed by atoms with Crippen LogP contribution in [0.3, 0.4) is 0 Å². The molecule has 3 rings (SSSR count). The normalized spacial score (nSPS) is 11.6. The van der Waals surface area contributed by atoms with E-state index in [0.29, 0.717) is 6.54 Å². The Labute approximate surface area is 176 Å². The van der Waals surface area contributed by atoms with E-state index < -0.39 is 21.7 Å². The summed E-state index contributed by atoms with van der Waals surface area (Å²) >= 11 is 0. The number of hydrogen-bond acceptors (Lipinski definition) is 3. The Bertz CT molecular complexity index is 1030. The zero-order valence-corrected chi connectivity index (χ0v) is 17.3. The minimum atomic E-state index is -3.89. The molecular formula is C23H23FN2O3S. The highest BCUT2D eigenvalue weighted by molar-refractivity contribution is 7.89. The summed E-state index contributed by atoms with van der Waals surface area (Å²) in [6, 6.07) is 24.1. The largest absolute Gasteiger partial charge is 0.354 e. The second kappa shape index (κ2) is 9.65. The van der Waals surface area contributed by atoms with Crippen LogP contribution in [0.1, 0.15) is 17.0 Å². The van der Waals surface area contributed by atoms with Gasteiger partial charge in [0.1, 0.15) is 5.82 Å². The second-order valence-electron chi connectivity index (χ2n) is 6.89. The van der Waals surface area contributed by atoms with Gasteiger partial charge in [0.05, 0.1) is 11.4 Å². The Morgan fingerprint density at radius 1 is 0.900 bits per heavy atom. The van der Waals surface area contributed by atoms with Gasteiger partial charge >= 0.3 is 0 Å². The maximum atomic E-state index is 13.1. The van der Waals surface area contributed by atoms with E-state index in [1.54, 1.807) is 0 Å². The molecule has 0 aliphatic carbocycles. The van der Waals surface area contributed by atoms with Crippen LogP contribution < -0.4 is 5.32 Å². The van der Waals surface area contributed by atoms with E-state index in [2.05, 4.69) is 5.32 Å². The third-order valence-electron chi connectivity index (χ3n) is 4.80. The number of sulfonamides is 1. The number of carbonyl (C=O) groups is 1. The molecule has 0 saturated carbocycles. The molecule has 1 N–H and O–H groups in total. The van der Waals surface area contributed by atoms with Crippen LogP contribution in [0.2, 0.25) is 0 Å². The summed E-state index contributed by atoms with van der Waals surface area (Å²) in [7, 11) is -2.56. The molecule has 1 amide bonds. The lowest BCUT2D eigenvalue weighted by Crippen LogP contribution is -2.39. The third-order valence-corrected chi connectivity index (χ3v) is 6.61. The molecule has 3 aromatic rings. The summed E-state index contributed by atoms with van der Waals surface area (Å²) in [6.45, 7) is -0.00664. The lowest BCUT2D eigenvalue weighted by atomic mass is 9.91. The molecule has 0 spiro atoms. The molecule has 0 aliphatic rings. The van der Waals surface area contributed by atoms with Crippen LogP contribution in [-0.4, -0.2) is 38.8 Å². The molecular weight excluding hydrogens is 403 g/mol. The zero-order chi connectivity index (χ0) is 21.6. The average molecular weight is 427 g/mol. The number of hydrogen-bond donors (Lipinski definition) is 1. The fourth-order valence-corrected chi connectivity index (χ4v) is 4.27. The zero-order valence-electron chi connectivity index (χ0n) is 16.5. The molecule has 0 bridgehead atoms. The first kappa shape index (κ1) is 21.7.